The van der Waals surface area contributed by atoms with Gasteiger partial charge in [-0.25, -0.2) is 8.42 Å². The average molecular weight is 325 g/mol. The van der Waals surface area contributed by atoms with Crippen LogP contribution in [-0.2, 0) is 10.0 Å². The monoisotopic (exact) mass is 324 g/mol. The third kappa shape index (κ3) is 3.68. The van der Waals surface area contributed by atoms with Crippen LogP contribution in [-0.4, -0.2) is 8.42 Å². The Hall–Kier alpha value is -1.72. The number of nitrogens with one attached hydrogen (secondary N) is 1. The molecule has 2 aromatic rings. The Morgan fingerprint density at radius 1 is 1.14 bits per heavy atom. The van der Waals surface area contributed by atoms with Crippen LogP contribution in [0.5, 0.6) is 0 Å². The van der Waals surface area contributed by atoms with E-state index in [0.717, 1.165) is 5.56 Å². The van der Waals surface area contributed by atoms with Gasteiger partial charge in [0.15, 0.2) is 0 Å². The zero-order valence-corrected chi connectivity index (χ0v) is 13.4. The van der Waals surface area contributed by atoms with Crippen LogP contribution in [0, 0.1) is 0 Å². The Labute approximate surface area is 130 Å². The maximum atomic E-state index is 12.4. The molecular formula is C15H17ClN2O2S. The highest BCUT2D eigenvalue weighted by atomic mass is 35.5. The minimum absolute atomic E-state index is 0.00770. The topological polar surface area (TPSA) is 72.2 Å². The van der Waals surface area contributed by atoms with Gasteiger partial charge >= 0.3 is 0 Å². The summed E-state index contributed by atoms with van der Waals surface area (Å²) in [5.74, 6) is 0.314. The van der Waals surface area contributed by atoms with Crippen molar-refractivity contribution in [3.05, 3.63) is 53.1 Å². The summed E-state index contributed by atoms with van der Waals surface area (Å²) in [5, 5.41) is 0.0996. The summed E-state index contributed by atoms with van der Waals surface area (Å²) in [7, 11) is -3.74. The molecule has 0 fully saturated rings. The van der Waals surface area contributed by atoms with Crippen LogP contribution in [0.3, 0.4) is 0 Å². The van der Waals surface area contributed by atoms with Crippen molar-refractivity contribution < 1.29 is 8.42 Å². The van der Waals surface area contributed by atoms with Crippen molar-refractivity contribution >= 4 is 33.0 Å². The number of nitrogens with two attached hydrogens (primary N) is 1. The number of hydrogen-bond acceptors (Lipinski definition) is 3. The first-order chi connectivity index (χ1) is 9.79. The van der Waals surface area contributed by atoms with Crippen molar-refractivity contribution in [1.29, 1.82) is 0 Å². The molecular weight excluding hydrogens is 308 g/mol. The highest BCUT2D eigenvalue weighted by Gasteiger charge is 2.18. The van der Waals surface area contributed by atoms with E-state index < -0.39 is 10.0 Å². The predicted octanol–water partition coefficient (Wildman–Crippen LogP) is 3.85. The molecule has 0 aliphatic carbocycles. The molecule has 21 heavy (non-hydrogen) atoms. The van der Waals surface area contributed by atoms with Gasteiger partial charge in [-0.2, -0.15) is 0 Å². The van der Waals surface area contributed by atoms with Crippen molar-refractivity contribution in [3.8, 4) is 0 Å². The molecule has 0 radical (unpaired) electrons. The molecule has 4 nitrogen and oxygen atoms in total. The first-order valence-corrected chi connectivity index (χ1v) is 8.33. The first kappa shape index (κ1) is 15.7. The highest BCUT2D eigenvalue weighted by Crippen LogP contribution is 2.26. The van der Waals surface area contributed by atoms with Crippen LogP contribution in [0.1, 0.15) is 25.3 Å². The van der Waals surface area contributed by atoms with Gasteiger partial charge < -0.3 is 5.73 Å². The lowest BCUT2D eigenvalue weighted by Gasteiger charge is -2.12. The molecule has 0 aliphatic rings. The molecule has 0 unspecified atom stereocenters. The molecule has 0 saturated carbocycles. The van der Waals surface area contributed by atoms with E-state index in [4.69, 9.17) is 17.3 Å². The van der Waals surface area contributed by atoms with Crippen LogP contribution >= 0.6 is 11.6 Å². The number of sulfonamides is 1. The Bertz CT molecular complexity index is 758. The number of benzene rings is 2. The number of rotatable bonds is 4. The van der Waals surface area contributed by atoms with E-state index in [0.29, 0.717) is 17.3 Å². The van der Waals surface area contributed by atoms with Gasteiger partial charge in [0.1, 0.15) is 4.90 Å². The van der Waals surface area contributed by atoms with Crippen molar-refractivity contribution in [2.45, 2.75) is 24.7 Å². The lowest BCUT2D eigenvalue weighted by Crippen LogP contribution is -2.13. The average Bonchev–Trinajstić information content (AvgIpc) is 2.37. The van der Waals surface area contributed by atoms with Crippen LogP contribution in [0.25, 0.3) is 0 Å². The molecule has 3 N–H and O–H groups in total. The third-order valence-electron chi connectivity index (χ3n) is 3.05. The zero-order chi connectivity index (χ0) is 15.6. The van der Waals surface area contributed by atoms with Gasteiger partial charge in [-0.15, -0.1) is 0 Å². The second-order valence-electron chi connectivity index (χ2n) is 5.08. The van der Waals surface area contributed by atoms with E-state index in [9.17, 15) is 8.42 Å². The predicted molar refractivity (Wildman–Crippen MR) is 87.2 cm³/mol. The van der Waals surface area contributed by atoms with Crippen LogP contribution in [0.4, 0.5) is 11.4 Å². The summed E-state index contributed by atoms with van der Waals surface area (Å²) in [6.45, 7) is 4.09. The molecule has 0 bridgehead atoms. The summed E-state index contributed by atoms with van der Waals surface area (Å²) in [6, 6.07) is 11.6. The first-order valence-electron chi connectivity index (χ1n) is 6.47. The smallest absolute Gasteiger partial charge is 0.263 e. The van der Waals surface area contributed by atoms with E-state index >= 15 is 0 Å². The third-order valence-corrected chi connectivity index (χ3v) is 4.92. The Morgan fingerprint density at radius 2 is 1.86 bits per heavy atom. The highest BCUT2D eigenvalue weighted by molar-refractivity contribution is 7.92. The van der Waals surface area contributed by atoms with Gasteiger partial charge in [0.2, 0.25) is 0 Å². The van der Waals surface area contributed by atoms with E-state index in [1.165, 1.54) is 18.2 Å². The van der Waals surface area contributed by atoms with Gasteiger partial charge in [-0.1, -0.05) is 37.6 Å². The SMILES string of the molecule is CC(C)c1cccc(NS(=O)(=O)c2ccc(N)cc2Cl)c1. The van der Waals surface area contributed by atoms with Crippen molar-refractivity contribution in [1.82, 2.24) is 0 Å². The van der Waals surface area contributed by atoms with Crippen molar-refractivity contribution in [3.63, 3.8) is 0 Å². The lowest BCUT2D eigenvalue weighted by atomic mass is 10.0. The maximum Gasteiger partial charge on any atom is 0.263 e. The fourth-order valence-corrected chi connectivity index (χ4v) is 3.51. The van der Waals surface area contributed by atoms with E-state index in [2.05, 4.69) is 4.72 Å². The fourth-order valence-electron chi connectivity index (χ4n) is 1.91. The fraction of sp³-hybridized carbons (Fsp3) is 0.200. The Kier molecular flexibility index (Phi) is 4.44. The van der Waals surface area contributed by atoms with E-state index in [1.807, 2.05) is 32.0 Å². The molecule has 0 amide bonds. The second-order valence-corrected chi connectivity index (χ2v) is 7.13. The van der Waals surface area contributed by atoms with Crippen molar-refractivity contribution in [2.24, 2.45) is 0 Å². The van der Waals surface area contributed by atoms with Gasteiger partial charge in [0.05, 0.1) is 5.02 Å². The molecule has 0 aromatic heterocycles. The van der Waals surface area contributed by atoms with Crippen molar-refractivity contribution in [2.75, 3.05) is 10.5 Å². The van der Waals surface area contributed by atoms with Crippen LogP contribution < -0.4 is 10.5 Å². The molecule has 0 heterocycles. The van der Waals surface area contributed by atoms with Gasteiger partial charge in [0, 0.05) is 11.4 Å². The molecule has 112 valence electrons. The molecule has 6 heteroatoms. The number of halogens is 1. The Balaban J connectivity index is 2.35. The zero-order valence-electron chi connectivity index (χ0n) is 11.8. The van der Waals surface area contributed by atoms with Gasteiger partial charge in [-0.3, -0.25) is 4.72 Å². The second kappa shape index (κ2) is 5.95. The largest absolute Gasteiger partial charge is 0.399 e. The van der Waals surface area contributed by atoms with Gasteiger partial charge in [0.25, 0.3) is 10.0 Å². The number of hydrogen-bond donors (Lipinski definition) is 2. The van der Waals surface area contributed by atoms with E-state index in [1.54, 1.807) is 6.07 Å². The summed E-state index contributed by atoms with van der Waals surface area (Å²) < 4.78 is 27.3. The Morgan fingerprint density at radius 3 is 2.48 bits per heavy atom. The quantitative estimate of drug-likeness (QED) is 0.839. The lowest BCUT2D eigenvalue weighted by molar-refractivity contribution is 0.601. The molecule has 2 aromatic carbocycles. The summed E-state index contributed by atoms with van der Waals surface area (Å²) >= 11 is 5.96. The molecule has 0 saturated heterocycles. The normalized spacial score (nSPS) is 11.6. The minimum atomic E-state index is -3.74. The number of nitrogen functional groups attached to an aromatic ring is 1. The summed E-state index contributed by atoms with van der Waals surface area (Å²) in [5.41, 5.74) is 7.56. The molecule has 2 rings (SSSR count). The molecule has 0 aliphatic heterocycles. The molecule has 0 atom stereocenters. The van der Waals surface area contributed by atoms with Crippen LogP contribution in [0.15, 0.2) is 47.4 Å². The van der Waals surface area contributed by atoms with E-state index in [-0.39, 0.29) is 9.92 Å². The standard InChI is InChI=1S/C15H17ClN2O2S/c1-10(2)11-4-3-5-13(8-11)18-21(19,20)15-7-6-12(17)9-14(15)16/h3-10,18H,17H2,1-2H3. The summed E-state index contributed by atoms with van der Waals surface area (Å²) in [6.07, 6.45) is 0. The maximum absolute atomic E-state index is 12.4. The van der Waals surface area contributed by atoms with Crippen LogP contribution in [0.2, 0.25) is 5.02 Å². The summed E-state index contributed by atoms with van der Waals surface area (Å²) in [4.78, 5) is 0.00770. The van der Waals surface area contributed by atoms with Gasteiger partial charge in [-0.05, 0) is 41.8 Å². The number of anilines is 2. The molecule has 0 spiro atoms. The minimum Gasteiger partial charge on any atom is -0.399 e.